The molecule has 0 N–H and O–H groups in total. The number of benzene rings is 10. The Bertz CT molecular complexity index is 4660. The minimum Gasteiger partial charge on any atom is -0.311 e. The Morgan fingerprint density at radius 2 is 0.929 bits per heavy atom. The lowest BCUT2D eigenvalue weighted by molar-refractivity contribution is 0.611. The van der Waals surface area contributed by atoms with Crippen molar-refractivity contribution in [1.29, 1.82) is 0 Å². The van der Waals surface area contributed by atoms with Gasteiger partial charge in [0.25, 0.3) is 0 Å². The lowest BCUT2D eigenvalue weighted by Crippen LogP contribution is -2.32. The van der Waals surface area contributed by atoms with Crippen LogP contribution >= 0.6 is 0 Å². The summed E-state index contributed by atoms with van der Waals surface area (Å²) in [5.41, 5.74) is 20.9. The van der Waals surface area contributed by atoms with E-state index in [-0.39, 0.29) is 0 Å². The Kier molecular flexibility index (Phi) is 26.0. The number of hydrogen-bond acceptors (Lipinski definition) is 2. The third-order valence-corrected chi connectivity index (χ3v) is 18.8. The first kappa shape index (κ1) is 71.2. The standard InChI is InChI=1S/C37H37N.C29H27N.2C11H10.C7H10.C2H6/c1-5-8-37(36-10-7-6-9-29(36)4)38(34-23-19-32(20-24-34)30-15-11-27(2)12-16-30)35-25-21-33(22-26-35)31-17-13-28(3)14-18-31;1-22-14-16-23(17-15-22)24-18-20-27(21-19-24)30(26-10-3-2-4-11-26)29-13-7-9-25-8-5-6-12-28(25)29;2*1-9-5-4-7-10-6-2-3-8-11(9)10;1-7-5-3-2-4-6-7;1-2/h5-19,21,23-26,32-33H,4,20,22H2,1-3H3;3,5-14,16,18-21H,2,4,15,17H2,1H3;2*2-8H,1H3;3,5-6H,2,4H2,1H3;1-2H3/b8-5-,37-36+;;;;;. The Labute approximate surface area is 592 Å². The summed E-state index contributed by atoms with van der Waals surface area (Å²) in [6.45, 7) is 23.4. The van der Waals surface area contributed by atoms with E-state index in [0.29, 0.717) is 11.8 Å². The number of allylic oxidation sites excluding steroid dienone is 18. The molecule has 2 nitrogen and oxygen atoms in total. The maximum Gasteiger partial charge on any atom is 0.0539 e. The number of anilines is 2. The van der Waals surface area contributed by atoms with Crippen LogP contribution in [0.25, 0.3) is 50.2 Å². The molecule has 10 aromatic rings. The molecule has 0 fully saturated rings. The third kappa shape index (κ3) is 19.2. The van der Waals surface area contributed by atoms with Gasteiger partial charge < -0.3 is 9.80 Å². The van der Waals surface area contributed by atoms with Crippen LogP contribution in [0.3, 0.4) is 0 Å². The fraction of sp³-hybridized carbons (Fsp3) is 0.196. The Morgan fingerprint density at radius 1 is 0.434 bits per heavy atom. The highest BCUT2D eigenvalue weighted by Gasteiger charge is 2.23. The highest BCUT2D eigenvalue weighted by molar-refractivity contribution is 5.97. The van der Waals surface area contributed by atoms with Crippen LogP contribution < -0.4 is 15.3 Å². The Balaban J connectivity index is 0.000000151. The van der Waals surface area contributed by atoms with Gasteiger partial charge in [-0.25, -0.2) is 0 Å². The topological polar surface area (TPSA) is 6.48 Å². The summed E-state index contributed by atoms with van der Waals surface area (Å²) < 4.78 is 0. The van der Waals surface area contributed by atoms with Crippen LogP contribution in [0.2, 0.25) is 0 Å². The van der Waals surface area contributed by atoms with Crippen molar-refractivity contribution in [2.45, 2.75) is 126 Å². The van der Waals surface area contributed by atoms with Crippen molar-refractivity contribution in [2.24, 2.45) is 0 Å². The predicted octanol–water partition coefficient (Wildman–Crippen LogP) is 25.9. The van der Waals surface area contributed by atoms with Crippen molar-refractivity contribution in [3.8, 4) is 0 Å². The second-order valence-corrected chi connectivity index (χ2v) is 26.1. The van der Waals surface area contributed by atoms with Crippen LogP contribution in [0.1, 0.15) is 137 Å². The van der Waals surface area contributed by atoms with Gasteiger partial charge in [-0.3, -0.25) is 0 Å². The van der Waals surface area contributed by atoms with Crippen LogP contribution in [0.5, 0.6) is 0 Å². The van der Waals surface area contributed by atoms with Crippen molar-refractivity contribution in [1.82, 2.24) is 4.90 Å². The molecule has 0 bridgehead atoms. The molecule has 0 spiro atoms. The first-order valence-corrected chi connectivity index (χ1v) is 35.9. The normalized spacial score (nSPS) is 16.2. The molecular weight excluding hydrogens is 1190 g/mol. The highest BCUT2D eigenvalue weighted by atomic mass is 15.2. The molecule has 0 heterocycles. The van der Waals surface area contributed by atoms with Crippen molar-refractivity contribution in [2.75, 3.05) is 4.90 Å². The molecule has 2 unspecified atom stereocenters. The lowest BCUT2D eigenvalue weighted by Gasteiger charge is -2.32. The minimum absolute atomic E-state index is 0.397. The van der Waals surface area contributed by atoms with Crippen molar-refractivity contribution in [3.63, 3.8) is 0 Å². The Hall–Kier alpha value is -10.5. The SMILES string of the molecule is C=c1cccc/c1=C(/C=C\C)N(C1=CCC(c2ccc(C)cc2)C=C1)C1=CCC(c2ccc(C)cc2)C=C1.CC.CC1=CC=C(c2ccc(N(C3=CCCC=C3)c3cccc4ccccc34)cc2)CC1.CC1=CCCC=C1.Cc1cccc2ccccc12.Cc1cccc2ccccc12. The van der Waals surface area contributed by atoms with E-state index in [1.54, 1.807) is 0 Å². The second-order valence-electron chi connectivity index (χ2n) is 26.1. The monoisotopic (exact) mass is 1290 g/mol. The van der Waals surface area contributed by atoms with Crippen molar-refractivity contribution < 1.29 is 0 Å². The van der Waals surface area contributed by atoms with E-state index in [4.69, 9.17) is 0 Å². The number of fused-ring (bicyclic) bond motifs is 3. The first-order chi connectivity index (χ1) is 48.5. The van der Waals surface area contributed by atoms with Gasteiger partial charge >= 0.3 is 0 Å². The molecule has 0 aliphatic heterocycles. The van der Waals surface area contributed by atoms with Gasteiger partial charge in [0.05, 0.1) is 11.4 Å². The van der Waals surface area contributed by atoms with E-state index in [9.17, 15) is 0 Å². The number of rotatable bonds is 10. The van der Waals surface area contributed by atoms with Gasteiger partial charge in [-0.05, 0) is 208 Å². The summed E-state index contributed by atoms with van der Waals surface area (Å²) in [4.78, 5) is 4.81. The van der Waals surface area contributed by atoms with Gasteiger partial charge in [-0.2, -0.15) is 0 Å². The van der Waals surface area contributed by atoms with Crippen LogP contribution in [0.4, 0.5) is 11.4 Å². The van der Waals surface area contributed by atoms with E-state index in [1.165, 1.54) is 129 Å². The van der Waals surface area contributed by atoms with Crippen molar-refractivity contribution >= 4 is 61.5 Å². The van der Waals surface area contributed by atoms with E-state index >= 15 is 0 Å². The summed E-state index contributed by atoms with van der Waals surface area (Å²) in [5.74, 6) is 0.793. The van der Waals surface area contributed by atoms with Crippen LogP contribution in [-0.2, 0) is 0 Å². The van der Waals surface area contributed by atoms with E-state index in [2.05, 4.69) is 387 Å². The number of nitrogens with zero attached hydrogens (tertiary/aromatic N) is 2. The van der Waals surface area contributed by atoms with Crippen LogP contribution in [0.15, 0.2) is 350 Å². The maximum absolute atomic E-state index is 4.36. The van der Waals surface area contributed by atoms with Gasteiger partial charge in [-0.1, -0.05) is 322 Å². The van der Waals surface area contributed by atoms with E-state index < -0.39 is 0 Å². The van der Waals surface area contributed by atoms with E-state index in [1.807, 2.05) is 13.8 Å². The summed E-state index contributed by atoms with van der Waals surface area (Å²) in [6.07, 6.45) is 45.4. The molecule has 10 aromatic carbocycles. The van der Waals surface area contributed by atoms with E-state index in [0.717, 1.165) is 54.7 Å². The number of aryl methyl sites for hydroxylation is 4. The maximum atomic E-state index is 4.36. The molecule has 0 saturated carbocycles. The van der Waals surface area contributed by atoms with Gasteiger partial charge in [-0.15, -0.1) is 0 Å². The van der Waals surface area contributed by atoms with Crippen molar-refractivity contribution in [3.05, 3.63) is 399 Å². The Morgan fingerprint density at radius 3 is 1.38 bits per heavy atom. The fourth-order valence-corrected chi connectivity index (χ4v) is 13.2. The summed E-state index contributed by atoms with van der Waals surface area (Å²) in [6, 6.07) is 80.3. The lowest BCUT2D eigenvalue weighted by atomic mass is 9.89. The zero-order chi connectivity index (χ0) is 69.3. The molecule has 99 heavy (non-hydrogen) atoms. The van der Waals surface area contributed by atoms with Crippen LogP contribution in [-0.4, -0.2) is 4.90 Å². The molecule has 15 rings (SSSR count). The molecular formula is C97H100N2. The van der Waals surface area contributed by atoms with Gasteiger partial charge in [0.2, 0.25) is 0 Å². The van der Waals surface area contributed by atoms with Crippen LogP contribution in [0, 0.1) is 27.7 Å². The van der Waals surface area contributed by atoms with Gasteiger partial charge in [0.15, 0.2) is 0 Å². The molecule has 5 aliphatic rings. The molecule has 2 atom stereocenters. The molecule has 5 aliphatic carbocycles. The zero-order valence-corrected chi connectivity index (χ0v) is 60.0. The highest BCUT2D eigenvalue weighted by Crippen LogP contribution is 2.39. The molecule has 498 valence electrons. The summed E-state index contributed by atoms with van der Waals surface area (Å²) >= 11 is 0. The second kappa shape index (κ2) is 36.2. The largest absolute Gasteiger partial charge is 0.311 e. The molecule has 0 radical (unpaired) electrons. The average molecular weight is 1290 g/mol. The smallest absolute Gasteiger partial charge is 0.0539 e. The summed E-state index contributed by atoms with van der Waals surface area (Å²) in [7, 11) is 0. The first-order valence-electron chi connectivity index (χ1n) is 35.9. The molecule has 2 heteroatoms. The molecule has 0 saturated heterocycles. The third-order valence-electron chi connectivity index (χ3n) is 18.8. The molecule has 0 amide bonds. The minimum atomic E-state index is 0.397. The quantitative estimate of drug-likeness (QED) is 0.135. The predicted molar refractivity (Wildman–Crippen MR) is 434 cm³/mol. The van der Waals surface area contributed by atoms with Gasteiger partial charge in [0, 0.05) is 45.2 Å². The van der Waals surface area contributed by atoms with Gasteiger partial charge in [0.1, 0.15) is 0 Å². The average Bonchev–Trinajstić information content (AvgIpc) is 0.794. The zero-order valence-electron chi connectivity index (χ0n) is 60.0. The molecule has 0 aromatic heterocycles. The number of hydrogen-bond donors (Lipinski definition) is 0. The fourth-order valence-electron chi connectivity index (χ4n) is 13.2. The summed E-state index contributed by atoms with van der Waals surface area (Å²) in [5, 5.41) is 10.1.